The quantitative estimate of drug-likeness (QED) is 0.784. The van der Waals surface area contributed by atoms with Crippen molar-refractivity contribution in [2.75, 3.05) is 18.4 Å². The van der Waals surface area contributed by atoms with Crippen LogP contribution in [-0.2, 0) is 4.79 Å². The van der Waals surface area contributed by atoms with Crippen LogP contribution in [0.1, 0.15) is 30.2 Å². The summed E-state index contributed by atoms with van der Waals surface area (Å²) in [6.45, 7) is 1.81. The highest BCUT2D eigenvalue weighted by Crippen LogP contribution is 2.34. The number of rotatable bonds is 5. The van der Waals surface area contributed by atoms with Crippen molar-refractivity contribution in [3.8, 4) is 0 Å². The molecule has 3 nitrogen and oxygen atoms in total. The van der Waals surface area contributed by atoms with Gasteiger partial charge in [-0.05, 0) is 49.0 Å². The lowest BCUT2D eigenvalue weighted by Gasteiger charge is -2.23. The van der Waals surface area contributed by atoms with Crippen molar-refractivity contribution < 1.29 is 4.79 Å². The van der Waals surface area contributed by atoms with Gasteiger partial charge in [-0.1, -0.05) is 29.3 Å². The molecule has 1 amide bonds. The standard InChI is InChI=1S/C17H18Cl2N2OS/c18-12-5-6-13(19)14(11-12)20-17(22)7-9-21-8-1-3-15(21)16-4-2-10-23-16/h2,4-6,10-11,15H,1,3,7-9H2,(H,20,22)/t15-/m1/s1. The van der Waals surface area contributed by atoms with E-state index < -0.39 is 0 Å². The molecule has 0 spiro atoms. The topological polar surface area (TPSA) is 32.3 Å². The van der Waals surface area contributed by atoms with Crippen molar-refractivity contribution in [3.63, 3.8) is 0 Å². The number of amides is 1. The molecule has 0 unspecified atom stereocenters. The van der Waals surface area contributed by atoms with Gasteiger partial charge in [0.15, 0.2) is 0 Å². The molecule has 1 saturated heterocycles. The predicted molar refractivity (Wildman–Crippen MR) is 97.6 cm³/mol. The number of hydrogen-bond acceptors (Lipinski definition) is 3. The van der Waals surface area contributed by atoms with E-state index in [1.165, 1.54) is 17.7 Å². The third kappa shape index (κ3) is 4.27. The Labute approximate surface area is 150 Å². The van der Waals surface area contributed by atoms with Crippen LogP contribution >= 0.6 is 34.5 Å². The summed E-state index contributed by atoms with van der Waals surface area (Å²) in [4.78, 5) is 16.0. The van der Waals surface area contributed by atoms with Crippen LogP contribution in [0.3, 0.4) is 0 Å². The third-order valence-electron chi connectivity index (χ3n) is 4.06. The van der Waals surface area contributed by atoms with E-state index in [2.05, 4.69) is 27.7 Å². The van der Waals surface area contributed by atoms with Gasteiger partial charge in [0.25, 0.3) is 0 Å². The first-order chi connectivity index (χ1) is 11.1. The molecule has 1 aliphatic rings. The van der Waals surface area contributed by atoms with E-state index in [4.69, 9.17) is 23.2 Å². The minimum Gasteiger partial charge on any atom is -0.325 e. The Balaban J connectivity index is 1.55. The third-order valence-corrected chi connectivity index (χ3v) is 5.60. The van der Waals surface area contributed by atoms with Crippen LogP contribution in [0, 0.1) is 0 Å². The summed E-state index contributed by atoms with van der Waals surface area (Å²) in [5.41, 5.74) is 0.570. The lowest BCUT2D eigenvalue weighted by Crippen LogP contribution is -2.27. The predicted octanol–water partition coefficient (Wildman–Crippen LogP) is 5.22. The molecule has 1 aliphatic heterocycles. The average Bonchev–Trinajstić information content (AvgIpc) is 3.19. The van der Waals surface area contributed by atoms with Crippen LogP contribution in [-0.4, -0.2) is 23.9 Å². The van der Waals surface area contributed by atoms with E-state index in [0.29, 0.717) is 28.2 Å². The van der Waals surface area contributed by atoms with Crippen LogP contribution in [0.5, 0.6) is 0 Å². The lowest BCUT2D eigenvalue weighted by molar-refractivity contribution is -0.116. The Hall–Kier alpha value is -1.07. The van der Waals surface area contributed by atoms with Crippen LogP contribution in [0.2, 0.25) is 10.0 Å². The summed E-state index contributed by atoms with van der Waals surface area (Å²) in [6.07, 6.45) is 2.80. The molecule has 23 heavy (non-hydrogen) atoms. The lowest BCUT2D eigenvalue weighted by atomic mass is 10.2. The number of carbonyl (C=O) groups excluding carboxylic acids is 1. The van der Waals surface area contributed by atoms with Gasteiger partial charge in [0, 0.05) is 28.9 Å². The van der Waals surface area contributed by atoms with E-state index in [-0.39, 0.29) is 5.91 Å². The molecule has 0 aliphatic carbocycles. The Morgan fingerprint density at radius 2 is 2.22 bits per heavy atom. The number of halogens is 2. The fourth-order valence-electron chi connectivity index (χ4n) is 2.95. The zero-order chi connectivity index (χ0) is 16.2. The molecular weight excluding hydrogens is 351 g/mol. The van der Waals surface area contributed by atoms with E-state index in [1.807, 2.05) is 0 Å². The molecule has 1 aromatic carbocycles. The van der Waals surface area contributed by atoms with E-state index in [9.17, 15) is 4.79 Å². The number of nitrogens with one attached hydrogen (secondary N) is 1. The van der Waals surface area contributed by atoms with Crippen molar-refractivity contribution in [2.24, 2.45) is 0 Å². The second kappa shape index (κ2) is 7.67. The molecule has 1 atom stereocenters. The molecule has 2 aromatic rings. The maximum absolute atomic E-state index is 12.2. The highest BCUT2D eigenvalue weighted by atomic mass is 35.5. The SMILES string of the molecule is O=C(CCN1CCC[C@@H]1c1cccs1)Nc1cc(Cl)ccc1Cl. The molecule has 6 heteroatoms. The Morgan fingerprint density at radius 3 is 3.00 bits per heavy atom. The number of likely N-dealkylation sites (tertiary alicyclic amines) is 1. The Morgan fingerprint density at radius 1 is 1.35 bits per heavy atom. The normalized spacial score (nSPS) is 18.3. The van der Waals surface area contributed by atoms with Crippen molar-refractivity contribution in [2.45, 2.75) is 25.3 Å². The molecule has 0 radical (unpaired) electrons. The number of nitrogens with zero attached hydrogens (tertiary/aromatic N) is 1. The minimum absolute atomic E-state index is 0.0361. The summed E-state index contributed by atoms with van der Waals surface area (Å²) in [7, 11) is 0. The van der Waals surface area contributed by atoms with Gasteiger partial charge in [0.1, 0.15) is 0 Å². The van der Waals surface area contributed by atoms with E-state index >= 15 is 0 Å². The summed E-state index contributed by atoms with van der Waals surface area (Å²) in [5.74, 6) is -0.0361. The van der Waals surface area contributed by atoms with Gasteiger partial charge in [-0.25, -0.2) is 0 Å². The fraction of sp³-hybridized carbons (Fsp3) is 0.353. The van der Waals surface area contributed by atoms with E-state index in [1.54, 1.807) is 29.5 Å². The number of hydrogen-bond donors (Lipinski definition) is 1. The molecule has 2 heterocycles. The maximum atomic E-state index is 12.2. The zero-order valence-corrected chi connectivity index (χ0v) is 14.9. The first-order valence-corrected chi connectivity index (χ1v) is 9.29. The summed E-state index contributed by atoms with van der Waals surface area (Å²) in [6, 6.07) is 9.79. The molecule has 1 N–H and O–H groups in total. The molecule has 122 valence electrons. The molecular formula is C17H18Cl2N2OS. The van der Waals surface area contributed by atoms with Gasteiger partial charge >= 0.3 is 0 Å². The van der Waals surface area contributed by atoms with Gasteiger partial charge in [0.2, 0.25) is 5.91 Å². The second-order valence-electron chi connectivity index (χ2n) is 5.63. The van der Waals surface area contributed by atoms with Crippen LogP contribution in [0.4, 0.5) is 5.69 Å². The molecule has 0 saturated carbocycles. The van der Waals surface area contributed by atoms with Crippen molar-refractivity contribution in [1.82, 2.24) is 4.90 Å². The monoisotopic (exact) mass is 368 g/mol. The zero-order valence-electron chi connectivity index (χ0n) is 12.6. The van der Waals surface area contributed by atoms with Crippen LogP contribution in [0.25, 0.3) is 0 Å². The second-order valence-corrected chi connectivity index (χ2v) is 7.45. The molecule has 3 rings (SSSR count). The number of carbonyl (C=O) groups is 1. The van der Waals surface area contributed by atoms with Gasteiger partial charge in [-0.3, -0.25) is 9.69 Å². The number of benzene rings is 1. The smallest absolute Gasteiger partial charge is 0.225 e. The highest BCUT2D eigenvalue weighted by Gasteiger charge is 2.26. The minimum atomic E-state index is -0.0361. The average molecular weight is 369 g/mol. The first kappa shape index (κ1) is 16.8. The number of anilines is 1. The van der Waals surface area contributed by atoms with Gasteiger partial charge in [-0.15, -0.1) is 11.3 Å². The van der Waals surface area contributed by atoms with E-state index in [0.717, 1.165) is 13.1 Å². The van der Waals surface area contributed by atoms with Crippen molar-refractivity contribution in [3.05, 3.63) is 50.6 Å². The first-order valence-electron chi connectivity index (χ1n) is 7.66. The van der Waals surface area contributed by atoms with Crippen molar-refractivity contribution >= 4 is 46.1 Å². The Kier molecular flexibility index (Phi) is 5.59. The van der Waals surface area contributed by atoms with Crippen LogP contribution in [0.15, 0.2) is 35.7 Å². The van der Waals surface area contributed by atoms with Gasteiger partial charge in [-0.2, -0.15) is 0 Å². The summed E-state index contributed by atoms with van der Waals surface area (Å²) < 4.78 is 0. The summed E-state index contributed by atoms with van der Waals surface area (Å²) in [5, 5.41) is 6.01. The molecule has 0 bridgehead atoms. The Bertz CT molecular complexity index is 675. The largest absolute Gasteiger partial charge is 0.325 e. The fourth-order valence-corrected chi connectivity index (χ4v) is 4.18. The van der Waals surface area contributed by atoms with Crippen molar-refractivity contribution in [1.29, 1.82) is 0 Å². The summed E-state index contributed by atoms with van der Waals surface area (Å²) >= 11 is 13.8. The van der Waals surface area contributed by atoms with Gasteiger partial charge in [0.05, 0.1) is 10.7 Å². The van der Waals surface area contributed by atoms with Crippen LogP contribution < -0.4 is 5.32 Å². The molecule has 1 fully saturated rings. The maximum Gasteiger partial charge on any atom is 0.225 e. The van der Waals surface area contributed by atoms with Gasteiger partial charge < -0.3 is 5.32 Å². The number of thiophene rings is 1. The molecule has 1 aromatic heterocycles. The highest BCUT2D eigenvalue weighted by molar-refractivity contribution is 7.10.